The van der Waals surface area contributed by atoms with Crippen molar-refractivity contribution >= 4 is 28.2 Å². The molecule has 0 aliphatic carbocycles. The van der Waals surface area contributed by atoms with Gasteiger partial charge in [0.1, 0.15) is 0 Å². The number of methoxy groups -OCH3 is 1. The van der Waals surface area contributed by atoms with Crippen molar-refractivity contribution in [2.24, 2.45) is 0 Å². The average molecular weight is 396 g/mol. The number of rotatable bonds is 7. The van der Waals surface area contributed by atoms with Crippen molar-refractivity contribution in [3.05, 3.63) is 81.6 Å². The Hall–Kier alpha value is -2.70. The second-order valence-corrected chi connectivity index (χ2v) is 7.17. The van der Waals surface area contributed by atoms with Crippen LogP contribution in [0, 0.1) is 6.92 Å². The molecule has 0 bridgehead atoms. The zero-order valence-electron chi connectivity index (χ0n) is 16.2. The fourth-order valence-corrected chi connectivity index (χ4v) is 3.30. The quantitative estimate of drug-likeness (QED) is 0.475. The van der Waals surface area contributed by atoms with E-state index in [-0.39, 0.29) is 5.56 Å². The molecule has 28 heavy (non-hydrogen) atoms. The minimum Gasteiger partial charge on any atom is -0.383 e. The number of thiocarbonyl (C=S) groups is 1. The van der Waals surface area contributed by atoms with Gasteiger partial charge in [-0.3, -0.25) is 4.79 Å². The summed E-state index contributed by atoms with van der Waals surface area (Å²) in [6.07, 6.45) is 0. The topological polar surface area (TPSA) is 57.4 Å². The monoisotopic (exact) mass is 395 g/mol. The summed E-state index contributed by atoms with van der Waals surface area (Å²) in [4.78, 5) is 17.6. The average Bonchev–Trinajstić information content (AvgIpc) is 2.69. The summed E-state index contributed by atoms with van der Waals surface area (Å²) in [6, 6.07) is 18.1. The summed E-state index contributed by atoms with van der Waals surface area (Å²) in [5.41, 5.74) is 3.73. The molecule has 0 unspecified atom stereocenters. The van der Waals surface area contributed by atoms with Crippen LogP contribution in [-0.4, -0.2) is 35.3 Å². The van der Waals surface area contributed by atoms with Crippen LogP contribution in [0.25, 0.3) is 10.9 Å². The van der Waals surface area contributed by atoms with Gasteiger partial charge in [0.2, 0.25) is 0 Å². The van der Waals surface area contributed by atoms with Crippen LogP contribution in [0.5, 0.6) is 0 Å². The number of hydrogen-bond acceptors (Lipinski definition) is 3. The highest BCUT2D eigenvalue weighted by atomic mass is 32.1. The number of H-pyrrole nitrogens is 1. The van der Waals surface area contributed by atoms with Crippen molar-refractivity contribution < 1.29 is 4.74 Å². The van der Waals surface area contributed by atoms with E-state index in [0.717, 1.165) is 22.0 Å². The maximum atomic E-state index is 12.6. The Balaban J connectivity index is 1.87. The number of aryl methyl sites for hydroxylation is 1. The molecule has 0 amide bonds. The van der Waals surface area contributed by atoms with E-state index in [2.05, 4.69) is 28.5 Å². The zero-order valence-corrected chi connectivity index (χ0v) is 17.0. The summed E-state index contributed by atoms with van der Waals surface area (Å²) in [5, 5.41) is 4.83. The van der Waals surface area contributed by atoms with Gasteiger partial charge in [0.15, 0.2) is 5.11 Å². The number of nitrogens with zero attached hydrogens (tertiary/aromatic N) is 1. The molecule has 0 atom stereocenters. The van der Waals surface area contributed by atoms with E-state index in [9.17, 15) is 4.79 Å². The molecular formula is C22H25N3O2S. The van der Waals surface area contributed by atoms with Crippen molar-refractivity contribution in [2.45, 2.75) is 20.0 Å². The lowest BCUT2D eigenvalue weighted by atomic mass is 10.1. The molecule has 0 saturated carbocycles. The zero-order chi connectivity index (χ0) is 19.9. The van der Waals surface area contributed by atoms with E-state index in [1.165, 1.54) is 0 Å². The fourth-order valence-electron chi connectivity index (χ4n) is 3.07. The largest absolute Gasteiger partial charge is 0.383 e. The standard InChI is InChI=1S/C22H25N3O2S/c1-16-8-9-20-18(12-16)13-19(21(26)24-20)15-25(22(28)23-10-11-27-2)14-17-6-4-3-5-7-17/h3-9,12-13H,10-11,14-15H2,1-2H3,(H,23,28)(H,24,26). The summed E-state index contributed by atoms with van der Waals surface area (Å²) in [7, 11) is 1.66. The summed E-state index contributed by atoms with van der Waals surface area (Å²) >= 11 is 5.59. The summed E-state index contributed by atoms with van der Waals surface area (Å²) < 4.78 is 5.09. The number of hydrogen-bond donors (Lipinski definition) is 2. The normalized spacial score (nSPS) is 10.8. The molecule has 0 radical (unpaired) electrons. The Morgan fingerprint density at radius 3 is 2.68 bits per heavy atom. The molecule has 0 aliphatic rings. The van der Waals surface area contributed by atoms with Gasteiger partial charge in [0, 0.05) is 31.3 Å². The summed E-state index contributed by atoms with van der Waals surface area (Å²) in [5.74, 6) is 0. The van der Waals surface area contributed by atoms with Gasteiger partial charge in [-0.1, -0.05) is 42.0 Å². The highest BCUT2D eigenvalue weighted by molar-refractivity contribution is 7.80. The molecule has 0 aliphatic heterocycles. The molecule has 1 heterocycles. The van der Waals surface area contributed by atoms with Crippen molar-refractivity contribution in [1.29, 1.82) is 0 Å². The maximum absolute atomic E-state index is 12.6. The summed E-state index contributed by atoms with van der Waals surface area (Å²) in [6.45, 7) is 4.27. The first-order chi connectivity index (χ1) is 13.6. The van der Waals surface area contributed by atoms with Gasteiger partial charge in [-0.15, -0.1) is 0 Å². The highest BCUT2D eigenvalue weighted by Gasteiger charge is 2.14. The van der Waals surface area contributed by atoms with Gasteiger partial charge in [0.05, 0.1) is 13.2 Å². The van der Waals surface area contributed by atoms with Crippen LogP contribution in [0.3, 0.4) is 0 Å². The number of aromatic amines is 1. The molecular weight excluding hydrogens is 370 g/mol. The lowest BCUT2D eigenvalue weighted by Crippen LogP contribution is -2.41. The first-order valence-electron chi connectivity index (χ1n) is 9.25. The fraction of sp³-hybridized carbons (Fsp3) is 0.273. The Morgan fingerprint density at radius 1 is 1.14 bits per heavy atom. The molecule has 0 spiro atoms. The molecule has 0 fully saturated rings. The predicted molar refractivity (Wildman–Crippen MR) is 117 cm³/mol. The first kappa shape index (κ1) is 20.0. The first-order valence-corrected chi connectivity index (χ1v) is 9.66. The van der Waals surface area contributed by atoms with E-state index < -0.39 is 0 Å². The van der Waals surface area contributed by atoms with E-state index in [1.807, 2.05) is 48.2 Å². The van der Waals surface area contributed by atoms with Gasteiger partial charge >= 0.3 is 0 Å². The smallest absolute Gasteiger partial charge is 0.253 e. The maximum Gasteiger partial charge on any atom is 0.253 e. The molecule has 1 aromatic heterocycles. The number of pyridine rings is 1. The van der Waals surface area contributed by atoms with Crippen LogP contribution >= 0.6 is 12.2 Å². The third kappa shape index (κ3) is 5.18. The van der Waals surface area contributed by atoms with E-state index in [1.54, 1.807) is 7.11 Å². The molecule has 2 N–H and O–H groups in total. The molecule has 5 nitrogen and oxygen atoms in total. The van der Waals surface area contributed by atoms with Crippen LogP contribution in [0.1, 0.15) is 16.7 Å². The predicted octanol–water partition coefficient (Wildman–Crippen LogP) is 3.36. The second kappa shape index (κ2) is 9.48. The van der Waals surface area contributed by atoms with Crippen LogP contribution in [-0.2, 0) is 17.8 Å². The minimum absolute atomic E-state index is 0.0888. The number of fused-ring (bicyclic) bond motifs is 1. The Bertz CT molecular complexity index is 1000. The van der Waals surface area contributed by atoms with Gasteiger partial charge < -0.3 is 19.9 Å². The van der Waals surface area contributed by atoms with Crippen LogP contribution in [0.15, 0.2) is 59.4 Å². The Kier molecular flexibility index (Phi) is 6.79. The van der Waals surface area contributed by atoms with E-state index >= 15 is 0 Å². The Labute approximate surface area is 170 Å². The van der Waals surface area contributed by atoms with Crippen molar-refractivity contribution in [3.8, 4) is 0 Å². The van der Waals surface area contributed by atoms with Crippen molar-refractivity contribution in [1.82, 2.24) is 15.2 Å². The lowest BCUT2D eigenvalue weighted by Gasteiger charge is -2.26. The van der Waals surface area contributed by atoms with Crippen molar-refractivity contribution in [2.75, 3.05) is 20.3 Å². The number of aromatic nitrogens is 1. The number of ether oxygens (including phenoxy) is 1. The molecule has 0 saturated heterocycles. The SMILES string of the molecule is COCCNC(=S)N(Cc1ccccc1)Cc1cc2cc(C)ccc2[nH]c1=O. The van der Waals surface area contributed by atoms with Gasteiger partial charge in [-0.2, -0.15) is 0 Å². The number of nitrogens with one attached hydrogen (secondary N) is 2. The molecule has 146 valence electrons. The molecule has 3 aromatic rings. The van der Waals surface area contributed by atoms with Gasteiger partial charge in [-0.05, 0) is 48.3 Å². The lowest BCUT2D eigenvalue weighted by molar-refractivity contribution is 0.202. The number of benzene rings is 2. The molecule has 6 heteroatoms. The van der Waals surface area contributed by atoms with E-state index in [4.69, 9.17) is 17.0 Å². The molecule has 2 aromatic carbocycles. The van der Waals surface area contributed by atoms with Crippen LogP contribution < -0.4 is 10.9 Å². The highest BCUT2D eigenvalue weighted by Crippen LogP contribution is 2.15. The third-order valence-corrected chi connectivity index (χ3v) is 4.93. The van der Waals surface area contributed by atoms with E-state index in [0.29, 0.717) is 36.9 Å². The van der Waals surface area contributed by atoms with Crippen molar-refractivity contribution in [3.63, 3.8) is 0 Å². The second-order valence-electron chi connectivity index (χ2n) is 6.78. The minimum atomic E-state index is -0.0888. The third-order valence-electron chi connectivity index (χ3n) is 4.52. The van der Waals surface area contributed by atoms with Crippen LogP contribution in [0.4, 0.5) is 0 Å². The van der Waals surface area contributed by atoms with Gasteiger partial charge in [0.25, 0.3) is 5.56 Å². The van der Waals surface area contributed by atoms with Gasteiger partial charge in [-0.25, -0.2) is 0 Å². The van der Waals surface area contributed by atoms with Crippen LogP contribution in [0.2, 0.25) is 0 Å². The molecule has 3 rings (SSSR count). The Morgan fingerprint density at radius 2 is 1.93 bits per heavy atom.